The third kappa shape index (κ3) is 3.65. The molecule has 0 aromatic heterocycles. The van der Waals surface area contributed by atoms with Crippen LogP contribution in [0, 0.1) is 10.1 Å². The number of anilines is 1. The van der Waals surface area contributed by atoms with Crippen LogP contribution in [0.5, 0.6) is 0 Å². The van der Waals surface area contributed by atoms with Gasteiger partial charge in [-0.1, -0.05) is 6.07 Å². The first-order valence-corrected chi connectivity index (χ1v) is 6.01. The number of nitrogen functional groups attached to an aromatic ring is 1. The van der Waals surface area contributed by atoms with Crippen LogP contribution in [-0.4, -0.2) is 43.0 Å². The first kappa shape index (κ1) is 15.9. The number of carbonyl (C=O) groups excluding carboxylic acids is 1. The van der Waals surface area contributed by atoms with Gasteiger partial charge < -0.3 is 15.1 Å². The second-order valence-electron chi connectivity index (χ2n) is 4.17. The number of carbonyl (C=O) groups is 1. The summed E-state index contributed by atoms with van der Waals surface area (Å²) in [6, 6.07) is 4.24. The zero-order chi connectivity index (χ0) is 15.1. The lowest BCUT2D eigenvalue weighted by Gasteiger charge is -2.18. The van der Waals surface area contributed by atoms with Crippen LogP contribution in [0.15, 0.2) is 18.2 Å². The lowest BCUT2D eigenvalue weighted by atomic mass is 10.1. The van der Waals surface area contributed by atoms with E-state index in [-0.39, 0.29) is 22.8 Å². The number of nitro benzene ring substituents is 1. The van der Waals surface area contributed by atoms with E-state index in [0.29, 0.717) is 19.6 Å². The summed E-state index contributed by atoms with van der Waals surface area (Å²) in [4.78, 5) is 24.0. The van der Waals surface area contributed by atoms with Gasteiger partial charge in [0.05, 0.1) is 10.5 Å². The molecule has 0 bridgehead atoms. The number of hydrogen-bond donors (Lipinski definition) is 2. The fourth-order valence-electron chi connectivity index (χ4n) is 1.78. The van der Waals surface area contributed by atoms with Crippen LogP contribution in [0.1, 0.15) is 16.8 Å². The van der Waals surface area contributed by atoms with Gasteiger partial charge in [0, 0.05) is 33.4 Å². The molecule has 1 aromatic carbocycles. The second-order valence-corrected chi connectivity index (χ2v) is 4.17. The fourth-order valence-corrected chi connectivity index (χ4v) is 1.78. The zero-order valence-electron chi connectivity index (χ0n) is 11.5. The van der Waals surface area contributed by atoms with Gasteiger partial charge in [-0.3, -0.25) is 20.8 Å². The van der Waals surface area contributed by atoms with Crippen molar-refractivity contribution < 1.29 is 14.5 Å². The van der Waals surface area contributed by atoms with Gasteiger partial charge in [-0.05, 0) is 12.5 Å². The van der Waals surface area contributed by atoms with E-state index in [4.69, 9.17) is 10.6 Å². The minimum absolute atomic E-state index is 0.0149. The molecule has 8 heteroatoms. The number of benzene rings is 1. The Balaban J connectivity index is 2.97. The Morgan fingerprint density at radius 1 is 1.55 bits per heavy atom. The van der Waals surface area contributed by atoms with Crippen molar-refractivity contribution in [1.29, 1.82) is 0 Å². The maximum atomic E-state index is 12.3. The second kappa shape index (κ2) is 7.41. The molecule has 0 radical (unpaired) electrons. The zero-order valence-corrected chi connectivity index (χ0v) is 11.5. The summed E-state index contributed by atoms with van der Waals surface area (Å²) in [6.45, 7) is 1.02. The van der Waals surface area contributed by atoms with Crippen molar-refractivity contribution in [2.75, 3.05) is 32.7 Å². The molecule has 0 aliphatic rings. The third-order valence-electron chi connectivity index (χ3n) is 2.80. The summed E-state index contributed by atoms with van der Waals surface area (Å²) in [5.74, 6) is 4.97. The SMILES string of the molecule is COCCCN(C)C(=O)c1cccc([N+](=O)[O-])c1NN. The molecule has 3 N–H and O–H groups in total. The summed E-state index contributed by atoms with van der Waals surface area (Å²) >= 11 is 0. The van der Waals surface area contributed by atoms with Crippen LogP contribution >= 0.6 is 0 Å². The number of amides is 1. The van der Waals surface area contributed by atoms with Gasteiger partial charge in [0.2, 0.25) is 0 Å². The van der Waals surface area contributed by atoms with Gasteiger partial charge in [-0.25, -0.2) is 0 Å². The monoisotopic (exact) mass is 282 g/mol. The van der Waals surface area contributed by atoms with Crippen LogP contribution < -0.4 is 11.3 Å². The molecule has 0 atom stereocenters. The highest BCUT2D eigenvalue weighted by Crippen LogP contribution is 2.28. The molecule has 0 saturated heterocycles. The maximum Gasteiger partial charge on any atom is 0.294 e. The molecule has 0 aliphatic carbocycles. The smallest absolute Gasteiger partial charge is 0.294 e. The molecule has 1 amide bonds. The number of rotatable bonds is 7. The van der Waals surface area contributed by atoms with Crippen LogP contribution in [0.2, 0.25) is 0 Å². The lowest BCUT2D eigenvalue weighted by molar-refractivity contribution is -0.384. The number of hydrazine groups is 1. The maximum absolute atomic E-state index is 12.3. The van der Waals surface area contributed by atoms with Crippen molar-refractivity contribution >= 4 is 17.3 Å². The molecule has 0 saturated carbocycles. The van der Waals surface area contributed by atoms with E-state index in [2.05, 4.69) is 5.43 Å². The third-order valence-corrected chi connectivity index (χ3v) is 2.80. The van der Waals surface area contributed by atoms with Gasteiger partial charge in [0.25, 0.3) is 11.6 Å². The normalized spacial score (nSPS) is 10.2. The summed E-state index contributed by atoms with van der Waals surface area (Å²) < 4.78 is 4.91. The number of para-hydroxylation sites is 1. The molecule has 20 heavy (non-hydrogen) atoms. The highest BCUT2D eigenvalue weighted by Gasteiger charge is 2.22. The van der Waals surface area contributed by atoms with Crippen molar-refractivity contribution in [3.8, 4) is 0 Å². The van der Waals surface area contributed by atoms with E-state index < -0.39 is 4.92 Å². The van der Waals surface area contributed by atoms with E-state index in [9.17, 15) is 14.9 Å². The standard InChI is InChI=1S/C12H18N4O4/c1-15(7-4-8-20-2)12(17)9-5-3-6-10(16(18)19)11(9)14-13/h3,5-6,14H,4,7-8,13H2,1-2H3. The topological polar surface area (TPSA) is 111 Å². The fraction of sp³-hybridized carbons (Fsp3) is 0.417. The van der Waals surface area contributed by atoms with Crippen molar-refractivity contribution in [2.24, 2.45) is 5.84 Å². The van der Waals surface area contributed by atoms with Crippen LogP contribution in [0.25, 0.3) is 0 Å². The van der Waals surface area contributed by atoms with Gasteiger partial charge in [0.1, 0.15) is 5.69 Å². The van der Waals surface area contributed by atoms with Crippen LogP contribution in [0.3, 0.4) is 0 Å². The van der Waals surface area contributed by atoms with E-state index in [1.165, 1.54) is 23.1 Å². The van der Waals surface area contributed by atoms with E-state index in [1.807, 2.05) is 0 Å². The summed E-state index contributed by atoms with van der Waals surface area (Å²) in [7, 11) is 3.20. The quantitative estimate of drug-likeness (QED) is 0.334. The largest absolute Gasteiger partial charge is 0.385 e. The molecule has 0 spiro atoms. The number of nitrogens with two attached hydrogens (primary N) is 1. The average molecular weight is 282 g/mol. The minimum Gasteiger partial charge on any atom is -0.385 e. The van der Waals surface area contributed by atoms with Crippen molar-refractivity contribution in [3.05, 3.63) is 33.9 Å². The Labute approximate surface area is 116 Å². The Bertz CT molecular complexity index is 492. The molecule has 0 unspecified atom stereocenters. The number of nitrogens with zero attached hydrogens (tertiary/aromatic N) is 2. The molecular formula is C12H18N4O4. The minimum atomic E-state index is -0.586. The summed E-state index contributed by atoms with van der Waals surface area (Å²) in [6.07, 6.45) is 0.680. The van der Waals surface area contributed by atoms with Gasteiger partial charge >= 0.3 is 0 Å². The average Bonchev–Trinajstić information content (AvgIpc) is 2.45. The Hall–Kier alpha value is -2.19. The highest BCUT2D eigenvalue weighted by atomic mass is 16.6. The van der Waals surface area contributed by atoms with Crippen LogP contribution in [0.4, 0.5) is 11.4 Å². The number of methoxy groups -OCH3 is 1. The van der Waals surface area contributed by atoms with Gasteiger partial charge in [-0.2, -0.15) is 0 Å². The number of ether oxygens (including phenoxy) is 1. The number of nitrogens with one attached hydrogen (secondary N) is 1. The highest BCUT2D eigenvalue weighted by molar-refractivity contribution is 6.01. The molecule has 110 valence electrons. The molecule has 1 rings (SSSR count). The molecule has 0 aliphatic heterocycles. The van der Waals surface area contributed by atoms with E-state index in [0.717, 1.165) is 0 Å². The molecule has 1 aromatic rings. The van der Waals surface area contributed by atoms with Crippen LogP contribution in [-0.2, 0) is 4.74 Å². The van der Waals surface area contributed by atoms with Gasteiger partial charge in [-0.15, -0.1) is 0 Å². The number of hydrogen-bond acceptors (Lipinski definition) is 6. The van der Waals surface area contributed by atoms with E-state index >= 15 is 0 Å². The summed E-state index contributed by atoms with van der Waals surface area (Å²) in [5.41, 5.74) is 2.19. The molecule has 0 heterocycles. The molecule has 8 nitrogen and oxygen atoms in total. The van der Waals surface area contributed by atoms with Crippen molar-refractivity contribution in [3.63, 3.8) is 0 Å². The first-order chi connectivity index (χ1) is 9.52. The molecular weight excluding hydrogens is 264 g/mol. The predicted molar refractivity (Wildman–Crippen MR) is 74.4 cm³/mol. The van der Waals surface area contributed by atoms with E-state index in [1.54, 1.807) is 14.2 Å². The predicted octanol–water partition coefficient (Wildman–Crippen LogP) is 0.989. The Morgan fingerprint density at radius 3 is 2.80 bits per heavy atom. The van der Waals surface area contributed by atoms with Crippen molar-refractivity contribution in [1.82, 2.24) is 4.90 Å². The lowest BCUT2D eigenvalue weighted by Crippen LogP contribution is -2.29. The van der Waals surface area contributed by atoms with Crippen molar-refractivity contribution in [2.45, 2.75) is 6.42 Å². The molecule has 0 fully saturated rings. The number of nitro groups is 1. The Morgan fingerprint density at radius 2 is 2.25 bits per heavy atom. The summed E-state index contributed by atoms with van der Waals surface area (Å²) in [5, 5.41) is 10.9. The Kier molecular flexibility index (Phi) is 5.88. The first-order valence-electron chi connectivity index (χ1n) is 6.01. The van der Waals surface area contributed by atoms with Gasteiger partial charge in [0.15, 0.2) is 0 Å².